The van der Waals surface area contributed by atoms with Gasteiger partial charge in [-0.1, -0.05) is 0 Å². The second kappa shape index (κ2) is 7.72. The lowest BCUT2D eigenvalue weighted by molar-refractivity contribution is -0.149. The zero-order chi connectivity index (χ0) is 15.1. The molecule has 0 bridgehead atoms. The van der Waals surface area contributed by atoms with Crippen molar-refractivity contribution in [3.63, 3.8) is 0 Å². The van der Waals surface area contributed by atoms with Crippen molar-refractivity contribution in [1.82, 2.24) is 9.80 Å². The summed E-state index contributed by atoms with van der Waals surface area (Å²) in [5.41, 5.74) is 0. The molecule has 114 valence electrons. The Hall–Kier alpha value is -1.79. The first-order chi connectivity index (χ1) is 9.49. The molecule has 1 rings (SSSR count). The van der Waals surface area contributed by atoms with Crippen molar-refractivity contribution in [3.05, 3.63) is 0 Å². The van der Waals surface area contributed by atoms with Gasteiger partial charge in [0.05, 0.1) is 12.5 Å². The Morgan fingerprint density at radius 1 is 1.35 bits per heavy atom. The molecule has 1 N–H and O–H groups in total. The van der Waals surface area contributed by atoms with Gasteiger partial charge in [0.2, 0.25) is 0 Å². The van der Waals surface area contributed by atoms with Gasteiger partial charge in [-0.25, -0.2) is 4.79 Å². The van der Waals surface area contributed by atoms with Crippen molar-refractivity contribution in [2.24, 2.45) is 5.92 Å². The summed E-state index contributed by atoms with van der Waals surface area (Å²) in [6.45, 7) is 4.65. The smallest absolute Gasteiger partial charge is 0.323 e. The predicted molar refractivity (Wildman–Crippen MR) is 71.2 cm³/mol. The number of hydrogen-bond acceptors (Lipinski definition) is 4. The number of esters is 1. The van der Waals surface area contributed by atoms with Crippen LogP contribution in [0.15, 0.2) is 0 Å². The summed E-state index contributed by atoms with van der Waals surface area (Å²) in [4.78, 5) is 37.5. The minimum absolute atomic E-state index is 0.286. The van der Waals surface area contributed by atoms with E-state index in [9.17, 15) is 14.4 Å². The number of amides is 2. The van der Waals surface area contributed by atoms with Crippen LogP contribution in [-0.2, 0) is 14.3 Å². The van der Waals surface area contributed by atoms with Crippen molar-refractivity contribution in [3.8, 4) is 0 Å². The predicted octanol–water partition coefficient (Wildman–Crippen LogP) is 0.788. The summed E-state index contributed by atoms with van der Waals surface area (Å²) in [5.74, 6) is -1.64. The van der Waals surface area contributed by atoms with Crippen LogP contribution in [-0.4, -0.2) is 65.7 Å². The Morgan fingerprint density at radius 3 is 2.60 bits per heavy atom. The first kappa shape index (κ1) is 16.3. The largest absolute Gasteiger partial charge is 0.480 e. The number of urea groups is 1. The summed E-state index contributed by atoms with van der Waals surface area (Å²) in [5, 5.41) is 8.79. The maximum atomic E-state index is 12.2. The second-order valence-corrected chi connectivity index (χ2v) is 4.73. The molecule has 7 heteroatoms. The van der Waals surface area contributed by atoms with E-state index in [4.69, 9.17) is 9.84 Å². The lowest BCUT2D eigenvalue weighted by Gasteiger charge is -2.34. The third-order valence-corrected chi connectivity index (χ3v) is 3.29. The fraction of sp³-hybridized carbons (Fsp3) is 0.769. The standard InChI is InChI=1S/C13H22N2O5/c1-3-14(9-11(16)17)13(19)15-7-5-6-10(8-15)12(18)20-4-2/h10H,3-9H2,1-2H3,(H,16,17). The van der Waals surface area contributed by atoms with E-state index in [1.54, 1.807) is 13.8 Å². The molecule has 1 heterocycles. The number of carboxylic acid groups (broad SMARTS) is 1. The van der Waals surface area contributed by atoms with Gasteiger partial charge in [-0.15, -0.1) is 0 Å². The summed E-state index contributed by atoms with van der Waals surface area (Å²) in [7, 11) is 0. The van der Waals surface area contributed by atoms with Gasteiger partial charge < -0.3 is 19.6 Å². The molecule has 0 radical (unpaired) electrons. The zero-order valence-electron chi connectivity index (χ0n) is 12.0. The summed E-state index contributed by atoms with van der Waals surface area (Å²) in [6, 6.07) is -0.330. The first-order valence-electron chi connectivity index (χ1n) is 6.91. The molecule has 1 unspecified atom stereocenters. The number of aliphatic carboxylic acids is 1. The van der Waals surface area contributed by atoms with Crippen molar-refractivity contribution < 1.29 is 24.2 Å². The highest BCUT2D eigenvalue weighted by Gasteiger charge is 2.31. The van der Waals surface area contributed by atoms with Crippen LogP contribution in [0.5, 0.6) is 0 Å². The number of carbonyl (C=O) groups excluding carboxylic acids is 2. The highest BCUT2D eigenvalue weighted by atomic mass is 16.5. The molecule has 7 nitrogen and oxygen atoms in total. The summed E-state index contributed by atoms with van der Waals surface area (Å²) in [6.07, 6.45) is 1.42. The lowest BCUT2D eigenvalue weighted by atomic mass is 9.98. The van der Waals surface area contributed by atoms with Gasteiger partial charge in [0.15, 0.2) is 0 Å². The molecular formula is C13H22N2O5. The molecule has 0 aromatic carbocycles. The maximum absolute atomic E-state index is 12.2. The maximum Gasteiger partial charge on any atom is 0.323 e. The van der Waals surface area contributed by atoms with E-state index < -0.39 is 5.97 Å². The molecule has 1 atom stereocenters. The molecule has 20 heavy (non-hydrogen) atoms. The molecule has 1 aliphatic heterocycles. The molecule has 0 saturated carbocycles. The van der Waals surface area contributed by atoms with Crippen LogP contribution in [0.1, 0.15) is 26.7 Å². The third kappa shape index (κ3) is 4.40. The number of nitrogens with zero attached hydrogens (tertiary/aromatic N) is 2. The van der Waals surface area contributed by atoms with Crippen LogP contribution in [0.4, 0.5) is 4.79 Å². The fourth-order valence-electron chi connectivity index (χ4n) is 2.28. The van der Waals surface area contributed by atoms with Crippen LogP contribution in [0.25, 0.3) is 0 Å². The van der Waals surface area contributed by atoms with Crippen molar-refractivity contribution in [1.29, 1.82) is 0 Å². The third-order valence-electron chi connectivity index (χ3n) is 3.29. The van der Waals surface area contributed by atoms with Crippen LogP contribution in [0, 0.1) is 5.92 Å². The number of carboxylic acids is 1. The molecule has 0 aromatic rings. The Labute approximate surface area is 118 Å². The fourth-order valence-corrected chi connectivity index (χ4v) is 2.28. The highest BCUT2D eigenvalue weighted by Crippen LogP contribution is 2.19. The Kier molecular flexibility index (Phi) is 6.27. The van der Waals surface area contributed by atoms with Gasteiger partial charge in [0.1, 0.15) is 6.54 Å². The second-order valence-electron chi connectivity index (χ2n) is 4.73. The number of piperidine rings is 1. The highest BCUT2D eigenvalue weighted by molar-refractivity contribution is 5.81. The molecule has 1 aliphatic rings. The molecule has 0 spiro atoms. The van der Waals surface area contributed by atoms with E-state index in [1.165, 1.54) is 9.80 Å². The van der Waals surface area contributed by atoms with Crippen LogP contribution < -0.4 is 0 Å². The van der Waals surface area contributed by atoms with E-state index in [1.807, 2.05) is 0 Å². The number of ether oxygens (including phenoxy) is 1. The number of likely N-dealkylation sites (tertiary alicyclic amines) is 1. The first-order valence-corrected chi connectivity index (χ1v) is 6.91. The SMILES string of the molecule is CCOC(=O)C1CCCN(C(=O)N(CC)CC(=O)O)C1. The Bertz CT molecular complexity index is 372. The van der Waals surface area contributed by atoms with Gasteiger partial charge in [-0.2, -0.15) is 0 Å². The Morgan fingerprint density at radius 2 is 2.05 bits per heavy atom. The molecule has 1 fully saturated rings. The average molecular weight is 286 g/mol. The van der Waals surface area contributed by atoms with Gasteiger partial charge in [0, 0.05) is 19.6 Å². The van der Waals surface area contributed by atoms with E-state index >= 15 is 0 Å². The number of hydrogen-bond donors (Lipinski definition) is 1. The molecule has 0 aromatic heterocycles. The van der Waals surface area contributed by atoms with Crippen molar-refractivity contribution in [2.45, 2.75) is 26.7 Å². The normalized spacial score (nSPS) is 18.5. The number of likely N-dealkylation sites (N-methyl/N-ethyl adjacent to an activating group) is 1. The molecular weight excluding hydrogens is 264 g/mol. The van der Waals surface area contributed by atoms with Crippen LogP contribution in [0.2, 0.25) is 0 Å². The van der Waals surface area contributed by atoms with Crippen molar-refractivity contribution in [2.75, 3.05) is 32.8 Å². The quantitative estimate of drug-likeness (QED) is 0.755. The van der Waals surface area contributed by atoms with Gasteiger partial charge in [-0.3, -0.25) is 9.59 Å². The number of rotatable bonds is 5. The van der Waals surface area contributed by atoms with Gasteiger partial charge in [0.25, 0.3) is 0 Å². The van der Waals surface area contributed by atoms with E-state index in [0.717, 1.165) is 6.42 Å². The van der Waals surface area contributed by atoms with Crippen LogP contribution in [0.3, 0.4) is 0 Å². The van der Waals surface area contributed by atoms with E-state index in [-0.39, 0.29) is 24.5 Å². The van der Waals surface area contributed by atoms with Crippen LogP contribution >= 0.6 is 0 Å². The molecule has 0 aliphatic carbocycles. The van der Waals surface area contributed by atoms with Gasteiger partial charge in [-0.05, 0) is 26.7 Å². The molecule has 2 amide bonds. The minimum atomic E-state index is -1.04. The average Bonchev–Trinajstić information content (AvgIpc) is 2.44. The van der Waals surface area contributed by atoms with E-state index in [2.05, 4.69) is 0 Å². The number of carbonyl (C=O) groups is 3. The monoisotopic (exact) mass is 286 g/mol. The topological polar surface area (TPSA) is 87.2 Å². The van der Waals surface area contributed by atoms with E-state index in [0.29, 0.717) is 32.7 Å². The summed E-state index contributed by atoms with van der Waals surface area (Å²) < 4.78 is 4.98. The summed E-state index contributed by atoms with van der Waals surface area (Å²) >= 11 is 0. The zero-order valence-corrected chi connectivity index (χ0v) is 12.0. The lowest BCUT2D eigenvalue weighted by Crippen LogP contribution is -2.50. The van der Waals surface area contributed by atoms with Gasteiger partial charge >= 0.3 is 18.0 Å². The Balaban J connectivity index is 2.63. The van der Waals surface area contributed by atoms with Crippen molar-refractivity contribution >= 4 is 18.0 Å². The molecule has 1 saturated heterocycles. The minimum Gasteiger partial charge on any atom is -0.480 e.